The maximum Gasteiger partial charge on any atom is 0.119 e. The second kappa shape index (κ2) is 8.11. The van der Waals surface area contributed by atoms with Crippen LogP contribution in [-0.2, 0) is 25.9 Å². The fourth-order valence-corrected chi connectivity index (χ4v) is 5.57. The highest BCUT2D eigenvalue weighted by Crippen LogP contribution is 2.55. The molecule has 0 fully saturated rings. The first-order valence-electron chi connectivity index (χ1n) is 11.7. The molecule has 3 heteroatoms. The smallest absolute Gasteiger partial charge is 0.119 e. The molecule has 0 aromatic heterocycles. The van der Waals surface area contributed by atoms with Crippen LogP contribution in [0.2, 0.25) is 0 Å². The number of aromatic hydroxyl groups is 2. The van der Waals surface area contributed by atoms with E-state index in [1.54, 1.807) is 12.1 Å². The zero-order valence-corrected chi connectivity index (χ0v) is 18.9. The molecule has 2 aliphatic rings. The van der Waals surface area contributed by atoms with Crippen molar-refractivity contribution < 1.29 is 14.9 Å². The van der Waals surface area contributed by atoms with Crippen LogP contribution in [0.1, 0.15) is 33.4 Å². The second-order valence-corrected chi connectivity index (χ2v) is 9.51. The van der Waals surface area contributed by atoms with E-state index >= 15 is 0 Å². The average Bonchev–Trinajstić information content (AvgIpc) is 3.35. The third-order valence-electron chi connectivity index (χ3n) is 7.17. The van der Waals surface area contributed by atoms with Crippen molar-refractivity contribution in [3.63, 3.8) is 0 Å². The minimum absolute atomic E-state index is 0.0608. The van der Waals surface area contributed by atoms with Gasteiger partial charge in [0.15, 0.2) is 0 Å². The monoisotopic (exact) mass is 446 g/mol. The van der Waals surface area contributed by atoms with Crippen LogP contribution in [0.4, 0.5) is 0 Å². The number of hydrogen-bond acceptors (Lipinski definition) is 3. The lowest BCUT2D eigenvalue weighted by Crippen LogP contribution is -2.20. The Balaban J connectivity index is 1.32. The first-order chi connectivity index (χ1) is 16.6. The van der Waals surface area contributed by atoms with E-state index in [1.807, 2.05) is 48.5 Å². The summed E-state index contributed by atoms with van der Waals surface area (Å²) in [6.07, 6.45) is 5.01. The van der Waals surface area contributed by atoms with Crippen LogP contribution in [0.5, 0.6) is 17.2 Å². The molecule has 0 heterocycles. The zero-order chi connectivity index (χ0) is 23.1. The molecule has 0 saturated heterocycles. The van der Waals surface area contributed by atoms with Gasteiger partial charge < -0.3 is 14.9 Å². The van der Waals surface area contributed by atoms with Gasteiger partial charge in [-0.3, -0.25) is 0 Å². The van der Waals surface area contributed by atoms with E-state index in [9.17, 15) is 10.2 Å². The Labute approximate surface area is 199 Å². The summed E-state index contributed by atoms with van der Waals surface area (Å²) in [6.45, 7) is 0.544. The average molecular weight is 447 g/mol. The Morgan fingerprint density at radius 3 is 2.18 bits per heavy atom. The first-order valence-corrected chi connectivity index (χ1v) is 11.7. The van der Waals surface area contributed by atoms with Gasteiger partial charge in [-0.05, 0) is 94.6 Å². The van der Waals surface area contributed by atoms with E-state index in [4.69, 9.17) is 4.74 Å². The molecule has 4 aromatic carbocycles. The summed E-state index contributed by atoms with van der Waals surface area (Å²) in [6, 6.07) is 29.8. The number of benzene rings is 4. The van der Waals surface area contributed by atoms with E-state index in [0.29, 0.717) is 18.1 Å². The summed E-state index contributed by atoms with van der Waals surface area (Å²) >= 11 is 0. The van der Waals surface area contributed by atoms with Gasteiger partial charge in [0.25, 0.3) is 0 Å². The molecule has 0 aliphatic heterocycles. The molecular formula is C31H26O3. The highest BCUT2D eigenvalue weighted by Gasteiger charge is 2.46. The first kappa shape index (κ1) is 20.6. The SMILES string of the molecule is Oc1ccc2c(c1)CC1(C2)Cc2ccc(O)cc2/C1=C\c1ccc(OCc2ccccc2)cc1. The van der Waals surface area contributed by atoms with Gasteiger partial charge in [0, 0.05) is 5.41 Å². The minimum Gasteiger partial charge on any atom is -0.508 e. The van der Waals surface area contributed by atoms with E-state index in [-0.39, 0.29) is 5.41 Å². The largest absolute Gasteiger partial charge is 0.508 e. The van der Waals surface area contributed by atoms with Crippen LogP contribution in [0.15, 0.2) is 91.0 Å². The Hall–Kier alpha value is -3.98. The Bertz CT molecular complexity index is 1380. The topological polar surface area (TPSA) is 49.7 Å². The van der Waals surface area contributed by atoms with Crippen LogP contribution in [-0.4, -0.2) is 10.2 Å². The predicted molar refractivity (Wildman–Crippen MR) is 135 cm³/mol. The molecule has 6 rings (SSSR count). The van der Waals surface area contributed by atoms with E-state index in [2.05, 4.69) is 36.4 Å². The molecule has 2 aliphatic carbocycles. The van der Waals surface area contributed by atoms with Crippen LogP contribution in [0, 0.1) is 5.41 Å². The maximum atomic E-state index is 10.2. The number of hydrogen-bond donors (Lipinski definition) is 2. The molecule has 0 bridgehead atoms. The van der Waals surface area contributed by atoms with Gasteiger partial charge in [-0.2, -0.15) is 0 Å². The zero-order valence-electron chi connectivity index (χ0n) is 18.9. The maximum absolute atomic E-state index is 10.2. The Kier molecular flexibility index (Phi) is 4.91. The summed E-state index contributed by atoms with van der Waals surface area (Å²) in [5.41, 5.74) is 8.35. The summed E-state index contributed by atoms with van der Waals surface area (Å²) in [5, 5.41) is 20.3. The van der Waals surface area contributed by atoms with Gasteiger partial charge in [0.2, 0.25) is 0 Å². The van der Waals surface area contributed by atoms with Gasteiger partial charge in [-0.15, -0.1) is 0 Å². The summed E-state index contributed by atoms with van der Waals surface area (Å²) in [5.74, 6) is 1.45. The number of fused-ring (bicyclic) bond motifs is 2. The number of phenols is 2. The minimum atomic E-state index is -0.0608. The van der Waals surface area contributed by atoms with Gasteiger partial charge in [-0.25, -0.2) is 0 Å². The van der Waals surface area contributed by atoms with Crippen molar-refractivity contribution in [2.75, 3.05) is 0 Å². The molecule has 34 heavy (non-hydrogen) atoms. The molecule has 168 valence electrons. The molecule has 0 saturated carbocycles. The van der Waals surface area contributed by atoms with Crippen molar-refractivity contribution in [2.45, 2.75) is 25.9 Å². The fourth-order valence-electron chi connectivity index (χ4n) is 5.57. The van der Waals surface area contributed by atoms with Crippen molar-refractivity contribution in [1.29, 1.82) is 0 Å². The van der Waals surface area contributed by atoms with Crippen LogP contribution >= 0.6 is 0 Å². The predicted octanol–water partition coefficient (Wildman–Crippen LogP) is 6.56. The van der Waals surface area contributed by atoms with Crippen LogP contribution < -0.4 is 4.74 Å². The number of allylic oxidation sites excluding steroid dienone is 1. The number of ether oxygens (including phenoxy) is 1. The number of phenolic OH excluding ortho intramolecular Hbond substituents is 2. The molecule has 2 N–H and O–H groups in total. The second-order valence-electron chi connectivity index (χ2n) is 9.51. The van der Waals surface area contributed by atoms with E-state index in [1.165, 1.54) is 22.3 Å². The van der Waals surface area contributed by atoms with Crippen molar-refractivity contribution in [2.24, 2.45) is 5.41 Å². The molecular weight excluding hydrogens is 420 g/mol. The van der Waals surface area contributed by atoms with Crippen molar-refractivity contribution >= 4 is 11.6 Å². The lowest BCUT2D eigenvalue weighted by Gasteiger charge is -2.26. The highest BCUT2D eigenvalue weighted by molar-refractivity contribution is 5.90. The molecule has 4 aromatic rings. The van der Waals surface area contributed by atoms with Gasteiger partial charge in [0.1, 0.15) is 23.9 Å². The third kappa shape index (κ3) is 3.73. The van der Waals surface area contributed by atoms with Crippen molar-refractivity contribution in [3.8, 4) is 17.2 Å². The third-order valence-corrected chi connectivity index (χ3v) is 7.17. The number of rotatable bonds is 4. The van der Waals surface area contributed by atoms with E-state index in [0.717, 1.165) is 41.7 Å². The van der Waals surface area contributed by atoms with Gasteiger partial charge in [0.05, 0.1) is 0 Å². The molecule has 0 radical (unpaired) electrons. The normalized spacial score (nSPS) is 19.4. The molecule has 0 amide bonds. The molecule has 1 unspecified atom stereocenters. The molecule has 1 spiro atoms. The Morgan fingerprint density at radius 2 is 1.38 bits per heavy atom. The summed E-state index contributed by atoms with van der Waals surface area (Å²) < 4.78 is 5.96. The standard InChI is InChI=1S/C31H26O3/c32-26-10-8-23-17-31(19-25(23)15-26)18-24-9-11-27(33)16-29(24)30(31)14-21-6-12-28(13-7-21)34-20-22-4-2-1-3-5-22/h1-16,32-33H,17-20H2/b30-14+. The van der Waals surface area contributed by atoms with Crippen molar-refractivity contribution in [1.82, 2.24) is 0 Å². The van der Waals surface area contributed by atoms with Gasteiger partial charge >= 0.3 is 0 Å². The van der Waals surface area contributed by atoms with Crippen molar-refractivity contribution in [3.05, 3.63) is 124 Å². The summed E-state index contributed by atoms with van der Waals surface area (Å²) in [4.78, 5) is 0. The van der Waals surface area contributed by atoms with Gasteiger partial charge in [-0.1, -0.05) is 60.7 Å². The van der Waals surface area contributed by atoms with Crippen LogP contribution in [0.25, 0.3) is 11.6 Å². The van der Waals surface area contributed by atoms with Crippen LogP contribution in [0.3, 0.4) is 0 Å². The molecule has 1 atom stereocenters. The highest BCUT2D eigenvalue weighted by atomic mass is 16.5. The quantitative estimate of drug-likeness (QED) is 0.373. The summed E-state index contributed by atoms with van der Waals surface area (Å²) in [7, 11) is 0. The fraction of sp³-hybridized carbons (Fsp3) is 0.161. The lowest BCUT2D eigenvalue weighted by molar-refractivity contribution is 0.306. The Morgan fingerprint density at radius 1 is 0.706 bits per heavy atom. The molecule has 3 nitrogen and oxygen atoms in total. The van der Waals surface area contributed by atoms with E-state index < -0.39 is 0 Å². The lowest BCUT2D eigenvalue weighted by atomic mass is 9.77.